The van der Waals surface area contributed by atoms with E-state index in [1.165, 1.54) is 7.11 Å². The number of hydrogen-bond acceptors (Lipinski definition) is 7. The Kier molecular flexibility index (Phi) is 4.77. The number of nitrogens with one attached hydrogen (secondary N) is 1. The zero-order valence-electron chi connectivity index (χ0n) is 11.1. The van der Waals surface area contributed by atoms with Gasteiger partial charge in [-0.15, -0.1) is 5.10 Å². The Hall–Kier alpha value is -2.55. The fourth-order valence-corrected chi connectivity index (χ4v) is 2.16. The monoisotopic (exact) mass is 307 g/mol. The van der Waals surface area contributed by atoms with E-state index >= 15 is 0 Å². The summed E-state index contributed by atoms with van der Waals surface area (Å²) in [5, 5.41) is 10.1. The summed E-state index contributed by atoms with van der Waals surface area (Å²) in [6, 6.07) is 7.05. The average Bonchev–Trinajstić information content (AvgIpc) is 2.49. The number of thioether (sulfide) groups is 1. The molecule has 21 heavy (non-hydrogen) atoms. The number of benzene rings is 1. The van der Waals surface area contributed by atoms with Crippen molar-refractivity contribution in [3.8, 4) is 5.75 Å². The Balaban J connectivity index is 1.99. The second-order valence-electron chi connectivity index (χ2n) is 3.87. The topological polar surface area (TPSA) is 112 Å². The fraction of sp³-hybridized carbons (Fsp3) is 0.167. The van der Waals surface area contributed by atoms with Gasteiger partial charge in [-0.1, -0.05) is 23.9 Å². The molecule has 1 aromatic heterocycles. The largest absolute Gasteiger partial charge is 0.495 e. The number of anilines is 1. The van der Waals surface area contributed by atoms with Crippen molar-refractivity contribution < 1.29 is 9.53 Å². The molecule has 0 aliphatic carbocycles. The molecular weight excluding hydrogens is 294 g/mol. The number of amides is 1. The van der Waals surface area contributed by atoms with Crippen molar-refractivity contribution in [2.24, 2.45) is 0 Å². The summed E-state index contributed by atoms with van der Waals surface area (Å²) in [5.41, 5.74) is 0.0764. The lowest BCUT2D eigenvalue weighted by molar-refractivity contribution is -0.113. The minimum Gasteiger partial charge on any atom is -0.495 e. The van der Waals surface area contributed by atoms with Crippen LogP contribution in [0.3, 0.4) is 0 Å². The molecule has 2 rings (SSSR count). The maximum atomic E-state index is 11.9. The molecule has 0 fully saturated rings. The van der Waals surface area contributed by atoms with Crippen molar-refractivity contribution in [3.63, 3.8) is 0 Å². The van der Waals surface area contributed by atoms with Crippen molar-refractivity contribution in [1.82, 2.24) is 14.9 Å². The van der Waals surface area contributed by atoms with Gasteiger partial charge in [0, 0.05) is 0 Å². The molecule has 1 aromatic carbocycles. The molecule has 0 aliphatic heterocycles. The summed E-state index contributed by atoms with van der Waals surface area (Å²) < 4.78 is 5.98. The van der Waals surface area contributed by atoms with Gasteiger partial charge in [-0.3, -0.25) is 9.59 Å². The number of carbonyl (C=O) groups is 1. The van der Waals surface area contributed by atoms with Crippen molar-refractivity contribution >= 4 is 23.4 Å². The first-order valence-electron chi connectivity index (χ1n) is 5.87. The van der Waals surface area contributed by atoms with Crippen LogP contribution < -0.4 is 21.5 Å². The maximum absolute atomic E-state index is 11.9. The van der Waals surface area contributed by atoms with Crippen LogP contribution in [-0.2, 0) is 4.79 Å². The quantitative estimate of drug-likeness (QED) is 0.594. The summed E-state index contributed by atoms with van der Waals surface area (Å²) in [7, 11) is 1.52. The van der Waals surface area contributed by atoms with E-state index in [1.54, 1.807) is 24.3 Å². The molecule has 0 aliphatic rings. The predicted molar refractivity (Wildman–Crippen MR) is 78.8 cm³/mol. The van der Waals surface area contributed by atoms with E-state index in [9.17, 15) is 9.59 Å². The molecule has 0 bridgehead atoms. The Labute approximate surface area is 124 Å². The molecule has 1 heterocycles. The normalized spacial score (nSPS) is 10.1. The molecule has 1 amide bonds. The number of carbonyl (C=O) groups excluding carboxylic acids is 1. The lowest BCUT2D eigenvalue weighted by atomic mass is 10.3. The third kappa shape index (κ3) is 3.72. The molecule has 8 nitrogen and oxygen atoms in total. The van der Waals surface area contributed by atoms with Gasteiger partial charge in [0.2, 0.25) is 11.1 Å². The number of rotatable bonds is 5. The highest BCUT2D eigenvalue weighted by Crippen LogP contribution is 2.23. The summed E-state index contributed by atoms with van der Waals surface area (Å²) in [6.45, 7) is 0. The minimum absolute atomic E-state index is 0.0351. The van der Waals surface area contributed by atoms with Gasteiger partial charge in [0.25, 0.3) is 5.56 Å². The van der Waals surface area contributed by atoms with Gasteiger partial charge in [0.1, 0.15) is 11.9 Å². The summed E-state index contributed by atoms with van der Waals surface area (Å²) in [5.74, 6) is 5.82. The number of aromatic nitrogens is 3. The highest BCUT2D eigenvalue weighted by atomic mass is 32.2. The van der Waals surface area contributed by atoms with Crippen LogP contribution in [0.4, 0.5) is 5.69 Å². The zero-order valence-corrected chi connectivity index (χ0v) is 12.0. The highest BCUT2D eigenvalue weighted by Gasteiger charge is 2.10. The number of nitrogens with zero attached hydrogens (tertiary/aromatic N) is 3. The second-order valence-corrected chi connectivity index (χ2v) is 4.82. The van der Waals surface area contributed by atoms with E-state index in [2.05, 4.69) is 15.5 Å². The summed E-state index contributed by atoms with van der Waals surface area (Å²) in [6.07, 6.45) is 0.999. The number of nitrogen functional groups attached to an aromatic ring is 1. The molecule has 9 heteroatoms. The van der Waals surface area contributed by atoms with E-state index in [-0.39, 0.29) is 16.8 Å². The molecule has 0 atom stereocenters. The minimum atomic E-state index is -0.488. The van der Waals surface area contributed by atoms with Crippen LogP contribution in [0.15, 0.2) is 40.4 Å². The zero-order chi connectivity index (χ0) is 15.2. The van der Waals surface area contributed by atoms with Gasteiger partial charge in [0.15, 0.2) is 0 Å². The second kappa shape index (κ2) is 6.75. The van der Waals surface area contributed by atoms with Gasteiger partial charge >= 0.3 is 0 Å². The van der Waals surface area contributed by atoms with E-state index in [4.69, 9.17) is 10.6 Å². The van der Waals surface area contributed by atoms with E-state index in [0.29, 0.717) is 11.4 Å². The third-order valence-corrected chi connectivity index (χ3v) is 3.41. The number of hydrogen-bond donors (Lipinski definition) is 2. The molecule has 0 radical (unpaired) electrons. The maximum Gasteiger partial charge on any atom is 0.291 e. The van der Waals surface area contributed by atoms with Gasteiger partial charge < -0.3 is 15.9 Å². The van der Waals surface area contributed by atoms with Crippen molar-refractivity contribution in [2.75, 3.05) is 24.0 Å². The molecule has 0 spiro atoms. The summed E-state index contributed by atoms with van der Waals surface area (Å²) >= 11 is 1.01. The lowest BCUT2D eigenvalue weighted by Gasteiger charge is -2.09. The molecule has 3 N–H and O–H groups in total. The van der Waals surface area contributed by atoms with E-state index in [0.717, 1.165) is 22.6 Å². The first-order valence-corrected chi connectivity index (χ1v) is 6.86. The first kappa shape index (κ1) is 14.9. The standard InChI is InChI=1S/C12H13N5O3S/c1-20-9-5-3-2-4-8(9)15-10(18)7-21-12-16-14-6-11(19)17(12)13/h2-6H,7,13H2,1H3,(H,15,18). The van der Waals surface area contributed by atoms with E-state index < -0.39 is 5.56 Å². The Morgan fingerprint density at radius 3 is 3.00 bits per heavy atom. The molecule has 0 saturated carbocycles. The Morgan fingerprint density at radius 1 is 1.48 bits per heavy atom. The van der Waals surface area contributed by atoms with Crippen LogP contribution in [-0.4, -0.2) is 33.6 Å². The van der Waals surface area contributed by atoms with Crippen LogP contribution in [0.5, 0.6) is 5.75 Å². The number of methoxy groups -OCH3 is 1. The van der Waals surface area contributed by atoms with E-state index in [1.807, 2.05) is 0 Å². The highest BCUT2D eigenvalue weighted by molar-refractivity contribution is 7.99. The Bertz CT molecular complexity index is 703. The number of para-hydroxylation sites is 2. The molecule has 110 valence electrons. The van der Waals surface area contributed by atoms with Crippen molar-refractivity contribution in [1.29, 1.82) is 0 Å². The number of nitrogens with two attached hydrogens (primary N) is 1. The van der Waals surface area contributed by atoms with Gasteiger partial charge in [0.05, 0.1) is 18.6 Å². The average molecular weight is 307 g/mol. The van der Waals surface area contributed by atoms with Crippen molar-refractivity contribution in [3.05, 3.63) is 40.8 Å². The molecule has 0 unspecified atom stereocenters. The first-order chi connectivity index (χ1) is 10.1. The number of ether oxygens (including phenoxy) is 1. The predicted octanol–water partition coefficient (Wildman–Crippen LogP) is 0.0915. The smallest absolute Gasteiger partial charge is 0.291 e. The van der Waals surface area contributed by atoms with Gasteiger partial charge in [-0.2, -0.15) is 9.77 Å². The lowest BCUT2D eigenvalue weighted by Crippen LogP contribution is -2.30. The fourth-order valence-electron chi connectivity index (χ4n) is 1.49. The van der Waals surface area contributed by atoms with Crippen LogP contribution in [0.2, 0.25) is 0 Å². The van der Waals surface area contributed by atoms with Gasteiger partial charge in [-0.25, -0.2) is 0 Å². The van der Waals surface area contributed by atoms with Crippen LogP contribution in [0.25, 0.3) is 0 Å². The summed E-state index contributed by atoms with van der Waals surface area (Å²) in [4.78, 5) is 23.2. The van der Waals surface area contributed by atoms with Gasteiger partial charge in [-0.05, 0) is 12.1 Å². The van der Waals surface area contributed by atoms with Crippen LogP contribution >= 0.6 is 11.8 Å². The molecular formula is C12H13N5O3S. The van der Waals surface area contributed by atoms with Crippen LogP contribution in [0, 0.1) is 0 Å². The van der Waals surface area contributed by atoms with Crippen molar-refractivity contribution in [2.45, 2.75) is 5.16 Å². The third-order valence-electron chi connectivity index (χ3n) is 2.47. The Morgan fingerprint density at radius 2 is 2.24 bits per heavy atom. The molecule has 0 saturated heterocycles. The molecule has 2 aromatic rings. The van der Waals surface area contributed by atoms with Crippen LogP contribution in [0.1, 0.15) is 0 Å². The SMILES string of the molecule is COc1ccccc1NC(=O)CSc1nncc(=O)n1N.